The highest BCUT2D eigenvalue weighted by atomic mass is 16.6. The lowest BCUT2D eigenvalue weighted by molar-refractivity contribution is -0.0210. The van der Waals surface area contributed by atoms with Crippen molar-refractivity contribution in [3.63, 3.8) is 0 Å². The van der Waals surface area contributed by atoms with E-state index in [0.717, 1.165) is 45.2 Å². The van der Waals surface area contributed by atoms with E-state index >= 15 is 0 Å². The monoisotopic (exact) mass is 600 g/mol. The van der Waals surface area contributed by atoms with Crippen molar-refractivity contribution in [3.05, 3.63) is 59.7 Å². The van der Waals surface area contributed by atoms with Gasteiger partial charge < -0.3 is 29.6 Å². The Balaban J connectivity index is 0.000000435. The Morgan fingerprint density at radius 3 is 1.53 bits per heavy atom. The zero-order valence-corrected chi connectivity index (χ0v) is 29.8. The Labute approximate surface area is 264 Å². The van der Waals surface area contributed by atoms with E-state index in [-0.39, 0.29) is 16.8 Å². The van der Waals surface area contributed by atoms with Gasteiger partial charge in [-0.05, 0) is 123 Å². The summed E-state index contributed by atoms with van der Waals surface area (Å²) in [5, 5.41) is 0. The van der Waals surface area contributed by atoms with Gasteiger partial charge in [-0.2, -0.15) is 0 Å². The molecule has 246 valence electrons. The van der Waals surface area contributed by atoms with Crippen molar-refractivity contribution in [2.75, 3.05) is 50.2 Å². The van der Waals surface area contributed by atoms with E-state index < -0.39 is 0 Å². The van der Waals surface area contributed by atoms with Crippen LogP contribution in [0.1, 0.15) is 87.3 Å². The van der Waals surface area contributed by atoms with Crippen molar-refractivity contribution in [1.29, 1.82) is 0 Å². The molecule has 2 aromatic rings. The average Bonchev–Trinajstić information content (AvgIpc) is 3.69. The third kappa shape index (κ3) is 22.1. The lowest BCUT2D eigenvalue weighted by Crippen LogP contribution is -2.37. The highest BCUT2D eigenvalue weighted by molar-refractivity contribution is 5.48. The first-order valence-corrected chi connectivity index (χ1v) is 15.9. The first kappa shape index (κ1) is 38.9. The molecular formula is C37H64N2O4. The summed E-state index contributed by atoms with van der Waals surface area (Å²) in [4.78, 5) is 2.49. The molecule has 3 rings (SSSR count). The van der Waals surface area contributed by atoms with Gasteiger partial charge in [-0.1, -0.05) is 38.1 Å². The van der Waals surface area contributed by atoms with Gasteiger partial charge in [0.1, 0.15) is 6.10 Å². The molecule has 0 bridgehead atoms. The molecule has 6 heteroatoms. The molecule has 1 fully saturated rings. The van der Waals surface area contributed by atoms with E-state index in [9.17, 15) is 0 Å². The molecule has 1 aliphatic rings. The first-order valence-electron chi connectivity index (χ1n) is 15.9. The largest absolute Gasteiger partial charge is 0.399 e. The molecule has 1 saturated heterocycles. The molecule has 3 unspecified atom stereocenters. The molecule has 0 saturated carbocycles. The van der Waals surface area contributed by atoms with Gasteiger partial charge in [0.05, 0.1) is 43.2 Å². The van der Waals surface area contributed by atoms with Gasteiger partial charge in [0, 0.05) is 24.5 Å². The minimum atomic E-state index is -0.0870. The fraction of sp³-hybridized carbons (Fsp3) is 0.676. The van der Waals surface area contributed by atoms with Crippen LogP contribution in [0, 0.1) is 25.7 Å². The predicted octanol–water partition coefficient (Wildman–Crippen LogP) is 8.48. The minimum Gasteiger partial charge on any atom is -0.399 e. The maximum Gasteiger partial charge on any atom is 0.104 e. The second-order valence-corrected chi connectivity index (χ2v) is 15.1. The molecule has 2 N–H and O–H groups in total. The van der Waals surface area contributed by atoms with E-state index in [4.69, 9.17) is 24.7 Å². The van der Waals surface area contributed by atoms with Crippen molar-refractivity contribution in [3.8, 4) is 0 Å². The van der Waals surface area contributed by atoms with E-state index in [1.807, 2.05) is 31.2 Å². The van der Waals surface area contributed by atoms with Crippen molar-refractivity contribution >= 4 is 11.4 Å². The smallest absolute Gasteiger partial charge is 0.104 e. The summed E-state index contributed by atoms with van der Waals surface area (Å²) in [6.45, 7) is 32.7. The molecule has 43 heavy (non-hydrogen) atoms. The molecule has 0 amide bonds. The Morgan fingerprint density at radius 2 is 1.19 bits per heavy atom. The van der Waals surface area contributed by atoms with Gasteiger partial charge in [-0.3, -0.25) is 0 Å². The third-order valence-corrected chi connectivity index (χ3v) is 6.18. The molecule has 0 aliphatic carbocycles. The molecule has 1 aliphatic heterocycles. The topological polar surface area (TPSA) is 69.5 Å². The molecule has 0 radical (unpaired) electrons. The van der Waals surface area contributed by atoms with Gasteiger partial charge in [0.2, 0.25) is 0 Å². The Morgan fingerprint density at radius 1 is 0.744 bits per heavy atom. The van der Waals surface area contributed by atoms with Crippen LogP contribution in [0.4, 0.5) is 11.4 Å². The van der Waals surface area contributed by atoms with Crippen LogP contribution in [0.5, 0.6) is 0 Å². The zero-order chi connectivity index (χ0) is 32.8. The van der Waals surface area contributed by atoms with E-state index in [2.05, 4.69) is 112 Å². The summed E-state index contributed by atoms with van der Waals surface area (Å²) in [7, 11) is 0. The van der Waals surface area contributed by atoms with Crippen LogP contribution in [-0.2, 0) is 18.9 Å². The summed E-state index contributed by atoms with van der Waals surface area (Å²) in [5.74, 6) is 0.927. The summed E-state index contributed by atoms with van der Waals surface area (Å²) in [6.07, 6.45) is 0.393. The zero-order valence-electron chi connectivity index (χ0n) is 29.8. The number of epoxide rings is 1. The van der Waals surface area contributed by atoms with Crippen molar-refractivity contribution < 1.29 is 18.9 Å². The third-order valence-electron chi connectivity index (χ3n) is 6.18. The highest BCUT2D eigenvalue weighted by Gasteiger charge is 2.25. The number of nitrogens with two attached hydrogens (primary N) is 1. The molecule has 3 atom stereocenters. The summed E-state index contributed by atoms with van der Waals surface area (Å²) in [5.41, 5.74) is 9.91. The van der Waals surface area contributed by atoms with E-state index in [1.54, 1.807) is 0 Å². The molecule has 0 spiro atoms. The summed E-state index contributed by atoms with van der Waals surface area (Å²) in [6, 6.07) is 16.6. The number of hydrogen-bond acceptors (Lipinski definition) is 6. The van der Waals surface area contributed by atoms with Crippen molar-refractivity contribution in [2.45, 2.75) is 113 Å². The fourth-order valence-corrected chi connectivity index (χ4v) is 3.93. The summed E-state index contributed by atoms with van der Waals surface area (Å²) < 4.78 is 22.4. The summed E-state index contributed by atoms with van der Waals surface area (Å²) >= 11 is 0. The highest BCUT2D eigenvalue weighted by Crippen LogP contribution is 2.21. The van der Waals surface area contributed by atoms with Crippen LogP contribution in [-0.4, -0.2) is 62.4 Å². The number of nitrogen functional groups attached to an aromatic ring is 1. The van der Waals surface area contributed by atoms with E-state index in [1.165, 1.54) is 16.8 Å². The lowest BCUT2D eigenvalue weighted by atomic mass is 10.1. The van der Waals surface area contributed by atoms with Gasteiger partial charge >= 0.3 is 0 Å². The van der Waals surface area contributed by atoms with Crippen LogP contribution in [0.2, 0.25) is 0 Å². The molecular weight excluding hydrogens is 536 g/mol. The second kappa shape index (κ2) is 18.0. The van der Waals surface area contributed by atoms with Crippen LogP contribution < -0.4 is 10.6 Å². The number of nitrogens with zero attached hydrogens (tertiary/aromatic N) is 1. The van der Waals surface area contributed by atoms with Crippen LogP contribution in [0.3, 0.4) is 0 Å². The van der Waals surface area contributed by atoms with Gasteiger partial charge in [0.25, 0.3) is 0 Å². The SMILES string of the molecule is CC(C)(C)OCC1CO1.Cc1cccc(N(CC(C)COC(C)(C)C)CC(C)COC(C)(C)C)c1.Cc1cccc(N)c1. The number of aryl methyl sites for hydroxylation is 2. The Kier molecular flexibility index (Phi) is 16.3. The van der Waals surface area contributed by atoms with E-state index in [0.29, 0.717) is 17.9 Å². The first-order chi connectivity index (χ1) is 19.7. The molecule has 6 nitrogen and oxygen atoms in total. The maximum atomic E-state index is 6.00. The van der Waals surface area contributed by atoms with Gasteiger partial charge in [0.15, 0.2) is 0 Å². The van der Waals surface area contributed by atoms with Crippen molar-refractivity contribution in [1.82, 2.24) is 0 Å². The lowest BCUT2D eigenvalue weighted by Gasteiger charge is -2.32. The number of anilines is 2. The van der Waals surface area contributed by atoms with Crippen LogP contribution >= 0.6 is 0 Å². The van der Waals surface area contributed by atoms with Crippen LogP contribution in [0.15, 0.2) is 48.5 Å². The molecule has 0 aromatic heterocycles. The Bertz CT molecular complexity index is 989. The second-order valence-electron chi connectivity index (χ2n) is 15.1. The Hall–Kier alpha value is -2.12. The number of ether oxygens (including phenoxy) is 4. The van der Waals surface area contributed by atoms with Gasteiger partial charge in [-0.15, -0.1) is 0 Å². The number of hydrogen-bond donors (Lipinski definition) is 1. The average molecular weight is 601 g/mol. The molecule has 2 aromatic carbocycles. The predicted molar refractivity (Wildman–Crippen MR) is 184 cm³/mol. The molecule has 1 heterocycles. The normalized spacial score (nSPS) is 16.3. The van der Waals surface area contributed by atoms with Crippen LogP contribution in [0.25, 0.3) is 0 Å². The fourth-order valence-electron chi connectivity index (χ4n) is 3.93. The van der Waals surface area contributed by atoms with Crippen molar-refractivity contribution in [2.24, 2.45) is 11.8 Å². The quantitative estimate of drug-likeness (QED) is 0.206. The standard InChI is InChI=1S/C23H41NO2.C7H9N.C7H14O2/c1-18-11-10-12-21(13-18)24(14-19(2)16-25-22(4,5)6)15-20(3)17-26-23(7,8)9;1-6-3-2-4-7(8)5-6;1-7(2,3)9-5-6-4-8-6/h10-13,19-20H,14-17H2,1-9H3;2-5H,8H2,1H3;6H,4-5H2,1-3H3. The minimum absolute atomic E-state index is 0.00799. The number of rotatable bonds is 11. The number of benzene rings is 2. The van der Waals surface area contributed by atoms with Gasteiger partial charge in [-0.25, -0.2) is 0 Å². The maximum absolute atomic E-state index is 6.00.